The standard InChI is InChI=1S/C17H23N3O3/c18-6-1-7-20(9-8-19-10-12-23-13-11-19)17(22)14-15-2-4-16(21)5-3-15/h2-5,21H,1,7-14H2. The Labute approximate surface area is 136 Å². The lowest BCUT2D eigenvalue weighted by atomic mass is 10.1. The van der Waals surface area contributed by atoms with Crippen molar-refractivity contribution in [1.29, 1.82) is 5.26 Å². The van der Waals surface area contributed by atoms with Crippen molar-refractivity contribution in [2.24, 2.45) is 0 Å². The molecular weight excluding hydrogens is 294 g/mol. The number of rotatable bonds is 7. The van der Waals surface area contributed by atoms with Gasteiger partial charge in [0.1, 0.15) is 5.75 Å². The van der Waals surface area contributed by atoms with Gasteiger partial charge in [0.2, 0.25) is 5.91 Å². The lowest BCUT2D eigenvalue weighted by molar-refractivity contribution is -0.130. The third-order valence-electron chi connectivity index (χ3n) is 3.93. The zero-order valence-electron chi connectivity index (χ0n) is 13.3. The van der Waals surface area contributed by atoms with Gasteiger partial charge in [0, 0.05) is 32.7 Å². The molecule has 1 fully saturated rings. The molecule has 0 aliphatic carbocycles. The number of hydrogen-bond acceptors (Lipinski definition) is 5. The molecule has 0 unspecified atom stereocenters. The van der Waals surface area contributed by atoms with E-state index in [4.69, 9.17) is 10.00 Å². The average Bonchev–Trinajstić information content (AvgIpc) is 2.58. The number of nitriles is 1. The van der Waals surface area contributed by atoms with Crippen molar-refractivity contribution in [2.45, 2.75) is 12.8 Å². The minimum absolute atomic E-state index is 0.0131. The first-order chi connectivity index (χ1) is 11.2. The van der Waals surface area contributed by atoms with Crippen molar-refractivity contribution in [3.63, 3.8) is 0 Å². The van der Waals surface area contributed by atoms with Crippen LogP contribution in [0.15, 0.2) is 24.3 Å². The second-order valence-corrected chi connectivity index (χ2v) is 5.59. The molecule has 1 aromatic carbocycles. The SMILES string of the molecule is N#CCCN(CCN1CCOCC1)C(=O)Cc1ccc(O)cc1. The fraction of sp³-hybridized carbons (Fsp3) is 0.529. The van der Waals surface area contributed by atoms with E-state index >= 15 is 0 Å². The number of carbonyl (C=O) groups is 1. The molecule has 1 saturated heterocycles. The van der Waals surface area contributed by atoms with Crippen LogP contribution in [0, 0.1) is 11.3 Å². The van der Waals surface area contributed by atoms with Crippen molar-refractivity contribution in [3.05, 3.63) is 29.8 Å². The van der Waals surface area contributed by atoms with Crippen LogP contribution in [0.1, 0.15) is 12.0 Å². The maximum absolute atomic E-state index is 12.5. The number of hydrogen-bond donors (Lipinski definition) is 1. The van der Waals surface area contributed by atoms with Gasteiger partial charge in [-0.15, -0.1) is 0 Å². The number of nitrogens with zero attached hydrogens (tertiary/aromatic N) is 3. The Kier molecular flexibility index (Phi) is 6.85. The monoisotopic (exact) mass is 317 g/mol. The first kappa shape index (κ1) is 17.3. The normalized spacial score (nSPS) is 15.1. The molecule has 1 aromatic rings. The van der Waals surface area contributed by atoms with Gasteiger partial charge in [0.25, 0.3) is 0 Å². The van der Waals surface area contributed by atoms with E-state index < -0.39 is 0 Å². The number of phenols is 1. The molecule has 1 aliphatic rings. The molecule has 0 radical (unpaired) electrons. The summed E-state index contributed by atoms with van der Waals surface area (Å²) in [6.45, 7) is 5.13. The van der Waals surface area contributed by atoms with E-state index in [1.54, 1.807) is 29.2 Å². The highest BCUT2D eigenvalue weighted by molar-refractivity contribution is 5.78. The summed E-state index contributed by atoms with van der Waals surface area (Å²) in [4.78, 5) is 16.5. The van der Waals surface area contributed by atoms with Crippen LogP contribution in [-0.2, 0) is 16.0 Å². The smallest absolute Gasteiger partial charge is 0.227 e. The number of aromatic hydroxyl groups is 1. The summed E-state index contributed by atoms with van der Waals surface area (Å²) in [5.41, 5.74) is 0.862. The Balaban J connectivity index is 1.88. The number of benzene rings is 1. The molecular formula is C17H23N3O3. The van der Waals surface area contributed by atoms with Gasteiger partial charge in [-0.2, -0.15) is 5.26 Å². The molecule has 1 N–H and O–H groups in total. The second kappa shape index (κ2) is 9.13. The number of carbonyl (C=O) groups excluding carboxylic acids is 1. The molecule has 6 heteroatoms. The van der Waals surface area contributed by atoms with Gasteiger partial charge in [-0.05, 0) is 17.7 Å². The molecule has 0 saturated carbocycles. The fourth-order valence-corrected chi connectivity index (χ4v) is 2.53. The van der Waals surface area contributed by atoms with Crippen molar-refractivity contribution in [3.8, 4) is 11.8 Å². The predicted molar refractivity (Wildman–Crippen MR) is 85.9 cm³/mol. The lowest BCUT2D eigenvalue weighted by Crippen LogP contribution is -2.43. The van der Waals surface area contributed by atoms with Crippen LogP contribution < -0.4 is 0 Å². The van der Waals surface area contributed by atoms with Crippen molar-refractivity contribution < 1.29 is 14.6 Å². The Morgan fingerprint density at radius 3 is 2.61 bits per heavy atom. The van der Waals surface area contributed by atoms with Crippen LogP contribution >= 0.6 is 0 Å². The molecule has 1 amide bonds. The lowest BCUT2D eigenvalue weighted by Gasteiger charge is -2.30. The first-order valence-electron chi connectivity index (χ1n) is 7.92. The summed E-state index contributed by atoms with van der Waals surface area (Å²) in [6.07, 6.45) is 0.624. The minimum atomic E-state index is 0.0131. The Morgan fingerprint density at radius 1 is 1.26 bits per heavy atom. The number of ether oxygens (including phenoxy) is 1. The fourth-order valence-electron chi connectivity index (χ4n) is 2.53. The zero-order valence-corrected chi connectivity index (χ0v) is 13.3. The molecule has 0 atom stereocenters. The molecule has 2 rings (SSSR count). The molecule has 6 nitrogen and oxygen atoms in total. The molecule has 1 heterocycles. The summed E-state index contributed by atoms with van der Waals surface area (Å²) in [6, 6.07) is 8.76. The van der Waals surface area contributed by atoms with E-state index in [1.165, 1.54) is 0 Å². The molecule has 0 spiro atoms. The van der Waals surface area contributed by atoms with Crippen LogP contribution in [0.2, 0.25) is 0 Å². The molecule has 23 heavy (non-hydrogen) atoms. The highest BCUT2D eigenvalue weighted by Crippen LogP contribution is 2.11. The van der Waals surface area contributed by atoms with Gasteiger partial charge >= 0.3 is 0 Å². The van der Waals surface area contributed by atoms with E-state index in [0.29, 0.717) is 19.5 Å². The second-order valence-electron chi connectivity index (χ2n) is 5.59. The van der Waals surface area contributed by atoms with Crippen LogP contribution in [0.4, 0.5) is 0 Å². The highest BCUT2D eigenvalue weighted by atomic mass is 16.5. The maximum Gasteiger partial charge on any atom is 0.227 e. The Hall–Kier alpha value is -2.10. The zero-order chi connectivity index (χ0) is 16.5. The van der Waals surface area contributed by atoms with Crippen LogP contribution in [0.3, 0.4) is 0 Å². The predicted octanol–water partition coefficient (Wildman–Crippen LogP) is 1.01. The van der Waals surface area contributed by atoms with E-state index in [2.05, 4.69) is 11.0 Å². The van der Waals surface area contributed by atoms with E-state index in [0.717, 1.165) is 38.4 Å². The maximum atomic E-state index is 12.5. The van der Waals surface area contributed by atoms with Crippen molar-refractivity contribution in [1.82, 2.24) is 9.80 Å². The summed E-state index contributed by atoms with van der Waals surface area (Å²) < 4.78 is 5.32. The van der Waals surface area contributed by atoms with Gasteiger partial charge in [0.05, 0.1) is 32.1 Å². The molecule has 0 bridgehead atoms. The quantitative estimate of drug-likeness (QED) is 0.812. The topological polar surface area (TPSA) is 76.8 Å². The summed E-state index contributed by atoms with van der Waals surface area (Å²) in [7, 11) is 0. The van der Waals surface area contributed by atoms with Gasteiger partial charge in [-0.3, -0.25) is 9.69 Å². The third kappa shape index (κ3) is 5.89. The average molecular weight is 317 g/mol. The van der Waals surface area contributed by atoms with Gasteiger partial charge in [-0.1, -0.05) is 12.1 Å². The first-order valence-corrected chi connectivity index (χ1v) is 7.92. The van der Waals surface area contributed by atoms with Gasteiger partial charge in [-0.25, -0.2) is 0 Å². The molecule has 124 valence electrons. The summed E-state index contributed by atoms with van der Waals surface area (Å²) >= 11 is 0. The van der Waals surface area contributed by atoms with Gasteiger partial charge in [0.15, 0.2) is 0 Å². The minimum Gasteiger partial charge on any atom is -0.508 e. The van der Waals surface area contributed by atoms with E-state index in [9.17, 15) is 9.90 Å². The summed E-state index contributed by atoms with van der Waals surface area (Å²) in [5.74, 6) is 0.203. The molecule has 0 aromatic heterocycles. The molecule has 1 aliphatic heterocycles. The number of amides is 1. The summed E-state index contributed by atoms with van der Waals surface area (Å²) in [5, 5.41) is 18.1. The van der Waals surface area contributed by atoms with Gasteiger partial charge < -0.3 is 14.7 Å². The van der Waals surface area contributed by atoms with E-state index in [-0.39, 0.29) is 18.1 Å². The van der Waals surface area contributed by atoms with E-state index in [1.807, 2.05) is 0 Å². The van der Waals surface area contributed by atoms with Crippen LogP contribution in [0.25, 0.3) is 0 Å². The largest absolute Gasteiger partial charge is 0.508 e. The number of phenolic OH excluding ortho intramolecular Hbond substituents is 1. The van der Waals surface area contributed by atoms with Crippen LogP contribution in [-0.4, -0.2) is 66.8 Å². The van der Waals surface area contributed by atoms with Crippen molar-refractivity contribution >= 4 is 5.91 Å². The highest BCUT2D eigenvalue weighted by Gasteiger charge is 2.16. The Morgan fingerprint density at radius 2 is 1.96 bits per heavy atom. The van der Waals surface area contributed by atoms with Crippen molar-refractivity contribution in [2.75, 3.05) is 45.9 Å². The third-order valence-corrected chi connectivity index (χ3v) is 3.93. The number of morpholine rings is 1. The Bertz CT molecular complexity index is 533. The van der Waals surface area contributed by atoms with Crippen LogP contribution in [0.5, 0.6) is 5.75 Å².